The first-order valence-electron chi connectivity index (χ1n) is 9.70. The molecule has 2 aromatic rings. The summed E-state index contributed by atoms with van der Waals surface area (Å²) in [6.07, 6.45) is 0.199. The molecule has 0 radical (unpaired) electrons. The average Bonchev–Trinajstić information content (AvgIpc) is 2.70. The topological polar surface area (TPSA) is 65.0 Å². The van der Waals surface area contributed by atoms with Gasteiger partial charge in [0, 0.05) is 11.1 Å². The lowest BCUT2D eigenvalue weighted by Gasteiger charge is -2.24. The maximum absolute atomic E-state index is 12.9. The van der Waals surface area contributed by atoms with Gasteiger partial charge in [-0.2, -0.15) is 0 Å². The number of rotatable bonds is 7. The molecule has 0 amide bonds. The minimum absolute atomic E-state index is 0.199. The van der Waals surface area contributed by atoms with Crippen molar-refractivity contribution >= 4 is 17.7 Å². The Hall–Kier alpha value is -2.95. The Bertz CT molecular complexity index is 797. The lowest BCUT2D eigenvalue weighted by atomic mass is 9.99. The van der Waals surface area contributed by atoms with E-state index < -0.39 is 23.5 Å². The fraction of sp³-hybridized carbons (Fsp3) is 0.375. The number of hydrogen-bond acceptors (Lipinski definition) is 5. The van der Waals surface area contributed by atoms with Crippen LogP contribution >= 0.6 is 0 Å². The fourth-order valence-electron chi connectivity index (χ4n) is 2.87. The summed E-state index contributed by atoms with van der Waals surface area (Å²) in [7, 11) is 1.34. The molecule has 0 aliphatic heterocycles. The van der Waals surface area contributed by atoms with Crippen molar-refractivity contribution in [2.75, 3.05) is 7.11 Å². The van der Waals surface area contributed by atoms with Crippen LogP contribution in [-0.4, -0.2) is 36.4 Å². The largest absolute Gasteiger partial charge is 0.469 e. The van der Waals surface area contributed by atoms with Crippen LogP contribution in [0.5, 0.6) is 0 Å². The zero-order chi connectivity index (χ0) is 21.4. The quantitative estimate of drug-likeness (QED) is 0.514. The SMILES string of the molecule is COC(=O)C(C)C[C@H](N=C(c1ccccc1)c1ccccc1)C(=O)OC(C)(C)C. The first kappa shape index (κ1) is 22.3. The van der Waals surface area contributed by atoms with E-state index in [4.69, 9.17) is 14.5 Å². The molecule has 5 heteroatoms. The number of carbonyl (C=O) groups is 2. The van der Waals surface area contributed by atoms with E-state index >= 15 is 0 Å². The number of ether oxygens (including phenoxy) is 2. The molecule has 0 saturated carbocycles. The van der Waals surface area contributed by atoms with Crippen molar-refractivity contribution in [3.63, 3.8) is 0 Å². The Kier molecular flexibility index (Phi) is 7.71. The van der Waals surface area contributed by atoms with E-state index in [0.29, 0.717) is 5.71 Å². The molecule has 0 aliphatic rings. The van der Waals surface area contributed by atoms with Crippen LogP contribution in [-0.2, 0) is 19.1 Å². The van der Waals surface area contributed by atoms with Gasteiger partial charge in [-0.15, -0.1) is 0 Å². The summed E-state index contributed by atoms with van der Waals surface area (Å²) in [4.78, 5) is 29.7. The van der Waals surface area contributed by atoms with Crippen molar-refractivity contribution in [1.82, 2.24) is 0 Å². The lowest BCUT2D eigenvalue weighted by molar-refractivity contribution is -0.157. The van der Waals surface area contributed by atoms with Crippen LogP contribution in [0.2, 0.25) is 0 Å². The van der Waals surface area contributed by atoms with E-state index in [0.717, 1.165) is 11.1 Å². The number of nitrogens with zero attached hydrogens (tertiary/aromatic N) is 1. The summed E-state index contributed by atoms with van der Waals surface area (Å²) in [5.41, 5.74) is 1.80. The van der Waals surface area contributed by atoms with Crippen LogP contribution in [0.15, 0.2) is 65.7 Å². The van der Waals surface area contributed by atoms with Crippen LogP contribution in [0, 0.1) is 5.92 Å². The molecule has 0 bridgehead atoms. The van der Waals surface area contributed by atoms with Gasteiger partial charge in [-0.25, -0.2) is 4.79 Å². The summed E-state index contributed by atoms with van der Waals surface area (Å²) in [5, 5.41) is 0. The minimum atomic E-state index is -0.835. The number of carbonyl (C=O) groups excluding carboxylic acids is 2. The second-order valence-corrected chi connectivity index (χ2v) is 7.92. The smallest absolute Gasteiger partial charge is 0.331 e. The van der Waals surface area contributed by atoms with Crippen molar-refractivity contribution in [2.45, 2.75) is 45.8 Å². The van der Waals surface area contributed by atoms with Gasteiger partial charge in [0.15, 0.2) is 0 Å². The minimum Gasteiger partial charge on any atom is -0.469 e. The third-order valence-corrected chi connectivity index (χ3v) is 4.24. The molecule has 29 heavy (non-hydrogen) atoms. The second kappa shape index (κ2) is 10.0. The second-order valence-electron chi connectivity index (χ2n) is 7.92. The maximum atomic E-state index is 12.9. The van der Waals surface area contributed by atoms with Crippen LogP contribution in [0.1, 0.15) is 45.2 Å². The Morgan fingerprint density at radius 1 is 0.897 bits per heavy atom. The van der Waals surface area contributed by atoms with Crippen molar-refractivity contribution in [1.29, 1.82) is 0 Å². The monoisotopic (exact) mass is 395 g/mol. The summed E-state index contributed by atoms with van der Waals surface area (Å²) in [6.45, 7) is 7.16. The molecule has 2 atom stereocenters. The highest BCUT2D eigenvalue weighted by molar-refractivity contribution is 6.13. The number of aliphatic imine (C=N–C) groups is 1. The standard InChI is InChI=1S/C24H29NO4/c1-17(22(26)28-5)16-20(23(27)29-24(2,3)4)25-21(18-12-8-6-9-13-18)19-14-10-7-11-15-19/h6-15,17,20H,16H2,1-5H3/t17?,20-/m0/s1. The van der Waals surface area contributed by atoms with E-state index in [-0.39, 0.29) is 12.4 Å². The highest BCUT2D eigenvalue weighted by Crippen LogP contribution is 2.20. The van der Waals surface area contributed by atoms with Crippen LogP contribution < -0.4 is 0 Å². The predicted octanol–water partition coefficient (Wildman–Crippen LogP) is 4.43. The number of esters is 2. The zero-order valence-corrected chi connectivity index (χ0v) is 17.7. The predicted molar refractivity (Wildman–Crippen MR) is 114 cm³/mol. The third kappa shape index (κ3) is 6.86. The summed E-state index contributed by atoms with van der Waals surface area (Å²) in [5.74, 6) is -1.33. The maximum Gasteiger partial charge on any atom is 0.331 e. The van der Waals surface area contributed by atoms with Crippen molar-refractivity contribution < 1.29 is 19.1 Å². The molecule has 0 heterocycles. The first-order chi connectivity index (χ1) is 13.7. The van der Waals surface area contributed by atoms with Crippen LogP contribution in [0.25, 0.3) is 0 Å². The fourth-order valence-corrected chi connectivity index (χ4v) is 2.87. The number of methoxy groups -OCH3 is 1. The number of benzene rings is 2. The van der Waals surface area contributed by atoms with Gasteiger partial charge in [-0.05, 0) is 27.2 Å². The van der Waals surface area contributed by atoms with E-state index in [1.165, 1.54) is 7.11 Å². The Balaban J connectivity index is 2.50. The van der Waals surface area contributed by atoms with E-state index in [2.05, 4.69) is 0 Å². The van der Waals surface area contributed by atoms with Gasteiger partial charge in [0.2, 0.25) is 0 Å². The molecule has 0 fully saturated rings. The molecule has 2 aromatic carbocycles. The Morgan fingerprint density at radius 3 is 1.79 bits per heavy atom. The molecule has 5 nitrogen and oxygen atoms in total. The Labute approximate surface area is 172 Å². The van der Waals surface area contributed by atoms with Gasteiger partial charge in [0.05, 0.1) is 18.7 Å². The molecular weight excluding hydrogens is 366 g/mol. The van der Waals surface area contributed by atoms with Gasteiger partial charge >= 0.3 is 11.9 Å². The molecule has 2 rings (SSSR count). The van der Waals surface area contributed by atoms with Crippen molar-refractivity contribution in [3.8, 4) is 0 Å². The van der Waals surface area contributed by atoms with E-state index in [9.17, 15) is 9.59 Å². The first-order valence-corrected chi connectivity index (χ1v) is 9.70. The molecule has 0 spiro atoms. The van der Waals surface area contributed by atoms with E-state index in [1.807, 2.05) is 81.4 Å². The van der Waals surface area contributed by atoms with Crippen LogP contribution in [0.4, 0.5) is 0 Å². The van der Waals surface area contributed by atoms with Gasteiger partial charge in [0.1, 0.15) is 11.6 Å². The Morgan fingerprint density at radius 2 is 1.38 bits per heavy atom. The van der Waals surface area contributed by atoms with Gasteiger partial charge < -0.3 is 9.47 Å². The zero-order valence-electron chi connectivity index (χ0n) is 17.7. The van der Waals surface area contributed by atoms with Crippen molar-refractivity contribution in [3.05, 3.63) is 71.8 Å². The third-order valence-electron chi connectivity index (χ3n) is 4.24. The molecule has 154 valence electrons. The highest BCUT2D eigenvalue weighted by Gasteiger charge is 2.29. The molecule has 0 aromatic heterocycles. The summed E-state index contributed by atoms with van der Waals surface area (Å²) in [6, 6.07) is 18.5. The summed E-state index contributed by atoms with van der Waals surface area (Å²) < 4.78 is 10.4. The molecule has 0 saturated heterocycles. The number of hydrogen-bond donors (Lipinski definition) is 0. The molecular formula is C24H29NO4. The van der Waals surface area contributed by atoms with Gasteiger partial charge in [0.25, 0.3) is 0 Å². The molecule has 1 unspecified atom stereocenters. The van der Waals surface area contributed by atoms with Gasteiger partial charge in [-0.1, -0.05) is 67.6 Å². The van der Waals surface area contributed by atoms with Crippen molar-refractivity contribution in [2.24, 2.45) is 10.9 Å². The average molecular weight is 395 g/mol. The van der Waals surface area contributed by atoms with E-state index in [1.54, 1.807) is 6.92 Å². The lowest BCUT2D eigenvalue weighted by Crippen LogP contribution is -2.34. The summed E-state index contributed by atoms with van der Waals surface area (Å²) >= 11 is 0. The molecule has 0 N–H and O–H groups in total. The van der Waals surface area contributed by atoms with Gasteiger partial charge in [-0.3, -0.25) is 9.79 Å². The highest BCUT2D eigenvalue weighted by atomic mass is 16.6. The molecule has 0 aliphatic carbocycles. The van der Waals surface area contributed by atoms with Crippen LogP contribution in [0.3, 0.4) is 0 Å². The normalized spacial score (nSPS) is 13.1.